The minimum Gasteiger partial charge on any atom is -0.396 e. The third-order valence-corrected chi connectivity index (χ3v) is 2.80. The maximum absolute atomic E-state index is 12.0. The number of carbonyl (C=O) groups is 1. The van der Waals surface area contributed by atoms with Crippen molar-refractivity contribution in [3.05, 3.63) is 41.3 Å². The number of hydrogen-bond donors (Lipinski definition) is 3. The number of nitrogens with zero attached hydrogens (tertiary/aromatic N) is 2. The van der Waals surface area contributed by atoms with Crippen LogP contribution in [-0.2, 0) is 0 Å². The van der Waals surface area contributed by atoms with Crippen molar-refractivity contribution < 1.29 is 9.90 Å². The van der Waals surface area contributed by atoms with Crippen molar-refractivity contribution in [2.75, 3.05) is 18.9 Å². The molecule has 0 unspecified atom stereocenters. The standard InChI is InChI=1S/C13H13ClN4O2/c14-10-6-9(13(20)17-4-5-19)11(15)12(18-10)8-2-1-3-16-7-8/h1-3,6-7,19H,4-5,15H2,(H,17,20). The summed E-state index contributed by atoms with van der Waals surface area (Å²) in [7, 11) is 0. The number of nitrogen functional groups attached to an aromatic ring is 1. The van der Waals surface area contributed by atoms with Gasteiger partial charge in [0, 0.05) is 24.5 Å². The Morgan fingerprint density at radius 3 is 2.95 bits per heavy atom. The highest BCUT2D eigenvalue weighted by molar-refractivity contribution is 6.30. The Bertz CT molecular complexity index is 619. The fourth-order valence-electron chi connectivity index (χ4n) is 1.70. The molecule has 4 N–H and O–H groups in total. The fraction of sp³-hybridized carbons (Fsp3) is 0.154. The summed E-state index contributed by atoms with van der Waals surface area (Å²) in [5.74, 6) is -0.411. The molecule has 0 aliphatic heterocycles. The van der Waals surface area contributed by atoms with Gasteiger partial charge in [0.2, 0.25) is 0 Å². The SMILES string of the molecule is Nc1c(C(=O)NCCO)cc(Cl)nc1-c1cccnc1. The number of hydrogen-bond acceptors (Lipinski definition) is 5. The van der Waals surface area contributed by atoms with Crippen LogP contribution < -0.4 is 11.1 Å². The number of nitrogens with one attached hydrogen (secondary N) is 1. The Morgan fingerprint density at radius 1 is 1.50 bits per heavy atom. The van der Waals surface area contributed by atoms with E-state index in [1.165, 1.54) is 6.07 Å². The first-order chi connectivity index (χ1) is 9.63. The summed E-state index contributed by atoms with van der Waals surface area (Å²) in [4.78, 5) is 20.1. The zero-order chi connectivity index (χ0) is 14.5. The van der Waals surface area contributed by atoms with E-state index in [0.29, 0.717) is 11.3 Å². The minimum absolute atomic E-state index is 0.139. The number of aliphatic hydroxyl groups is 1. The summed E-state index contributed by atoms with van der Waals surface area (Å²) in [6.07, 6.45) is 3.21. The van der Waals surface area contributed by atoms with Crippen LogP contribution in [0.1, 0.15) is 10.4 Å². The average molecular weight is 293 g/mol. The molecule has 0 aliphatic carbocycles. The molecule has 0 spiro atoms. The van der Waals surface area contributed by atoms with Crippen LogP contribution >= 0.6 is 11.6 Å². The van der Waals surface area contributed by atoms with Crippen molar-refractivity contribution >= 4 is 23.2 Å². The lowest BCUT2D eigenvalue weighted by atomic mass is 10.1. The molecule has 6 nitrogen and oxygen atoms in total. The minimum atomic E-state index is -0.411. The van der Waals surface area contributed by atoms with Crippen molar-refractivity contribution in [1.82, 2.24) is 15.3 Å². The summed E-state index contributed by atoms with van der Waals surface area (Å²) >= 11 is 5.93. The van der Waals surface area contributed by atoms with Crippen molar-refractivity contribution in [3.8, 4) is 11.3 Å². The van der Waals surface area contributed by atoms with E-state index >= 15 is 0 Å². The number of halogens is 1. The summed E-state index contributed by atoms with van der Waals surface area (Å²) in [5, 5.41) is 11.4. The monoisotopic (exact) mass is 292 g/mol. The van der Waals surface area contributed by atoms with E-state index in [4.69, 9.17) is 22.4 Å². The zero-order valence-corrected chi connectivity index (χ0v) is 11.3. The van der Waals surface area contributed by atoms with Crippen LogP contribution in [0.4, 0.5) is 5.69 Å². The molecule has 0 radical (unpaired) electrons. The maximum atomic E-state index is 12.0. The molecule has 0 saturated carbocycles. The molecule has 0 aromatic carbocycles. The van der Waals surface area contributed by atoms with E-state index in [0.717, 1.165) is 0 Å². The van der Waals surface area contributed by atoms with Crippen LogP contribution in [0.3, 0.4) is 0 Å². The normalized spacial score (nSPS) is 10.3. The van der Waals surface area contributed by atoms with E-state index in [2.05, 4.69) is 15.3 Å². The topological polar surface area (TPSA) is 101 Å². The smallest absolute Gasteiger partial charge is 0.253 e. The molecule has 2 aromatic rings. The third kappa shape index (κ3) is 3.04. The van der Waals surface area contributed by atoms with Gasteiger partial charge in [-0.1, -0.05) is 11.6 Å². The first kappa shape index (κ1) is 14.2. The van der Waals surface area contributed by atoms with Gasteiger partial charge < -0.3 is 16.2 Å². The molecule has 20 heavy (non-hydrogen) atoms. The van der Waals surface area contributed by atoms with Gasteiger partial charge in [0.1, 0.15) is 5.15 Å². The number of pyridine rings is 2. The van der Waals surface area contributed by atoms with Crippen molar-refractivity contribution in [3.63, 3.8) is 0 Å². The van der Waals surface area contributed by atoms with E-state index in [1.54, 1.807) is 24.5 Å². The number of amides is 1. The van der Waals surface area contributed by atoms with Crippen LogP contribution in [0.2, 0.25) is 5.15 Å². The summed E-state index contributed by atoms with van der Waals surface area (Å²) in [6.45, 7) is -0.0135. The molecular weight excluding hydrogens is 280 g/mol. The van der Waals surface area contributed by atoms with Gasteiger partial charge in [-0.2, -0.15) is 0 Å². The molecule has 2 aromatic heterocycles. The molecule has 1 amide bonds. The lowest BCUT2D eigenvalue weighted by Crippen LogP contribution is -2.27. The molecule has 0 aliphatic rings. The van der Waals surface area contributed by atoms with E-state index in [1.807, 2.05) is 0 Å². The quantitative estimate of drug-likeness (QED) is 0.733. The Balaban J connectivity index is 2.45. The summed E-state index contributed by atoms with van der Waals surface area (Å²) < 4.78 is 0. The van der Waals surface area contributed by atoms with E-state index in [-0.39, 0.29) is 29.6 Å². The van der Waals surface area contributed by atoms with Gasteiger partial charge in [0.25, 0.3) is 5.91 Å². The van der Waals surface area contributed by atoms with Crippen LogP contribution in [0.25, 0.3) is 11.3 Å². The second-order valence-electron chi connectivity index (χ2n) is 3.98. The average Bonchev–Trinajstić information content (AvgIpc) is 2.47. The Morgan fingerprint density at radius 2 is 2.30 bits per heavy atom. The molecule has 0 fully saturated rings. The van der Waals surface area contributed by atoms with Gasteiger partial charge in [-0.05, 0) is 18.2 Å². The van der Waals surface area contributed by atoms with Gasteiger partial charge in [-0.25, -0.2) is 4.98 Å². The third-order valence-electron chi connectivity index (χ3n) is 2.60. The van der Waals surface area contributed by atoms with Crippen molar-refractivity contribution in [2.24, 2.45) is 0 Å². The lowest BCUT2D eigenvalue weighted by Gasteiger charge is -2.11. The van der Waals surface area contributed by atoms with Gasteiger partial charge >= 0.3 is 0 Å². The number of carbonyl (C=O) groups excluding carboxylic acids is 1. The number of nitrogens with two attached hydrogens (primary N) is 1. The molecule has 0 atom stereocenters. The number of aliphatic hydroxyl groups excluding tert-OH is 1. The van der Waals surface area contributed by atoms with E-state index in [9.17, 15) is 4.79 Å². The highest BCUT2D eigenvalue weighted by Gasteiger charge is 2.16. The number of aromatic nitrogens is 2. The first-order valence-electron chi connectivity index (χ1n) is 5.89. The Kier molecular flexibility index (Phi) is 4.49. The largest absolute Gasteiger partial charge is 0.396 e. The van der Waals surface area contributed by atoms with E-state index < -0.39 is 5.91 Å². The molecule has 104 valence electrons. The van der Waals surface area contributed by atoms with Gasteiger partial charge in [-0.15, -0.1) is 0 Å². The number of rotatable bonds is 4. The van der Waals surface area contributed by atoms with Crippen LogP contribution in [0, 0.1) is 0 Å². The second kappa shape index (κ2) is 6.31. The Labute approximate surface area is 120 Å². The fourth-order valence-corrected chi connectivity index (χ4v) is 1.89. The van der Waals surface area contributed by atoms with Crippen molar-refractivity contribution in [2.45, 2.75) is 0 Å². The van der Waals surface area contributed by atoms with Crippen LogP contribution in [-0.4, -0.2) is 34.1 Å². The molecule has 2 rings (SSSR count). The second-order valence-corrected chi connectivity index (χ2v) is 4.36. The van der Waals surface area contributed by atoms with Gasteiger partial charge in [0.05, 0.1) is 23.6 Å². The number of anilines is 1. The molecule has 0 bridgehead atoms. The zero-order valence-electron chi connectivity index (χ0n) is 10.5. The molecule has 7 heteroatoms. The van der Waals surface area contributed by atoms with Crippen LogP contribution in [0.15, 0.2) is 30.6 Å². The predicted molar refractivity (Wildman–Crippen MR) is 76.3 cm³/mol. The predicted octanol–water partition coefficient (Wildman–Crippen LogP) is 1.10. The maximum Gasteiger partial charge on any atom is 0.253 e. The van der Waals surface area contributed by atoms with Gasteiger partial charge in [-0.3, -0.25) is 9.78 Å². The Hall–Kier alpha value is -2.18. The molecular formula is C13H13ClN4O2. The molecule has 0 saturated heterocycles. The van der Waals surface area contributed by atoms with Gasteiger partial charge in [0.15, 0.2) is 0 Å². The summed E-state index contributed by atoms with van der Waals surface area (Å²) in [6, 6.07) is 4.91. The first-order valence-corrected chi connectivity index (χ1v) is 6.26. The summed E-state index contributed by atoms with van der Waals surface area (Å²) in [5.41, 5.74) is 7.50. The molecule has 2 heterocycles. The van der Waals surface area contributed by atoms with Crippen molar-refractivity contribution in [1.29, 1.82) is 0 Å². The lowest BCUT2D eigenvalue weighted by molar-refractivity contribution is 0.0945. The highest BCUT2D eigenvalue weighted by atomic mass is 35.5. The highest BCUT2D eigenvalue weighted by Crippen LogP contribution is 2.28. The van der Waals surface area contributed by atoms with Crippen LogP contribution in [0.5, 0.6) is 0 Å².